The number of rotatable bonds is 3. The highest BCUT2D eigenvalue weighted by Gasteiger charge is 2.18. The monoisotopic (exact) mass is 195 g/mol. The van der Waals surface area contributed by atoms with Gasteiger partial charge in [-0.25, -0.2) is 4.98 Å². The summed E-state index contributed by atoms with van der Waals surface area (Å²) in [6.45, 7) is 3.83. The molecule has 0 amide bonds. The van der Waals surface area contributed by atoms with Gasteiger partial charge in [-0.3, -0.25) is 0 Å². The summed E-state index contributed by atoms with van der Waals surface area (Å²) in [7, 11) is 0. The number of nitrogen functional groups attached to an aromatic ring is 1. The maximum Gasteiger partial charge on any atom is 0.129 e. The van der Waals surface area contributed by atoms with Crippen LogP contribution in [0.4, 0.5) is 5.82 Å². The number of pyridine rings is 1. The van der Waals surface area contributed by atoms with Gasteiger partial charge >= 0.3 is 0 Å². The average Bonchev–Trinajstić information content (AvgIpc) is 2.19. The Bertz CT molecular complexity index is 314. The van der Waals surface area contributed by atoms with Gasteiger partial charge in [-0.15, -0.1) is 0 Å². The van der Waals surface area contributed by atoms with Crippen LogP contribution in [0.2, 0.25) is 0 Å². The van der Waals surface area contributed by atoms with Gasteiger partial charge in [-0.2, -0.15) is 0 Å². The molecule has 0 bridgehead atoms. The normalized spacial score (nSPS) is 15.1. The van der Waals surface area contributed by atoms with Gasteiger partial charge in [0.1, 0.15) is 5.82 Å². The summed E-state index contributed by atoms with van der Waals surface area (Å²) in [5.74, 6) is 0.354. The molecular weight excluding hydrogens is 178 g/mol. The number of hydrogen-bond acceptors (Lipinski definition) is 4. The Labute approximate surface area is 83.9 Å². The maximum absolute atomic E-state index is 9.85. The zero-order valence-corrected chi connectivity index (χ0v) is 8.57. The highest BCUT2D eigenvalue weighted by atomic mass is 16.3. The predicted octanol–water partition coefficient (Wildman–Crippen LogP) is 0.743. The summed E-state index contributed by atoms with van der Waals surface area (Å²) in [6.07, 6.45) is 1.64. The first-order valence-corrected chi connectivity index (χ1v) is 4.72. The van der Waals surface area contributed by atoms with Gasteiger partial charge in [0.15, 0.2) is 0 Å². The predicted molar refractivity (Wildman–Crippen MR) is 56.6 cm³/mol. The minimum Gasteiger partial charge on any atom is -0.387 e. The fourth-order valence-corrected chi connectivity index (χ4v) is 1.29. The molecule has 5 N–H and O–H groups in total. The van der Waals surface area contributed by atoms with E-state index in [4.69, 9.17) is 11.5 Å². The van der Waals surface area contributed by atoms with Crippen molar-refractivity contribution in [2.45, 2.75) is 32.4 Å². The van der Waals surface area contributed by atoms with E-state index in [-0.39, 0.29) is 6.04 Å². The Kier molecular flexibility index (Phi) is 3.43. The Morgan fingerprint density at radius 1 is 1.57 bits per heavy atom. The molecule has 1 aromatic rings. The molecule has 0 radical (unpaired) electrons. The van der Waals surface area contributed by atoms with Crippen molar-refractivity contribution in [2.75, 3.05) is 5.73 Å². The SMILES string of the molecule is CCC(N)C(O)c1cc(C)cnc1N. The summed E-state index contributed by atoms with van der Waals surface area (Å²) >= 11 is 0. The van der Waals surface area contributed by atoms with Gasteiger partial charge in [0.25, 0.3) is 0 Å². The fourth-order valence-electron chi connectivity index (χ4n) is 1.29. The van der Waals surface area contributed by atoms with Crippen molar-refractivity contribution in [3.8, 4) is 0 Å². The van der Waals surface area contributed by atoms with Gasteiger partial charge in [0.2, 0.25) is 0 Å². The molecule has 0 aromatic carbocycles. The van der Waals surface area contributed by atoms with Gasteiger partial charge in [0.05, 0.1) is 6.10 Å². The molecule has 0 spiro atoms. The van der Waals surface area contributed by atoms with E-state index < -0.39 is 6.10 Å². The van der Waals surface area contributed by atoms with Crippen molar-refractivity contribution in [3.05, 3.63) is 23.4 Å². The number of hydrogen-bond donors (Lipinski definition) is 3. The summed E-state index contributed by atoms with van der Waals surface area (Å²) in [4.78, 5) is 3.98. The van der Waals surface area contributed by atoms with Crippen LogP contribution in [-0.4, -0.2) is 16.1 Å². The van der Waals surface area contributed by atoms with Crippen LogP contribution in [-0.2, 0) is 0 Å². The van der Waals surface area contributed by atoms with E-state index in [9.17, 15) is 5.11 Å². The second kappa shape index (κ2) is 4.39. The van der Waals surface area contributed by atoms with Crippen LogP contribution in [0, 0.1) is 6.92 Å². The van der Waals surface area contributed by atoms with Crippen LogP contribution in [0.15, 0.2) is 12.3 Å². The molecule has 2 atom stereocenters. The van der Waals surface area contributed by atoms with Crippen molar-refractivity contribution in [3.63, 3.8) is 0 Å². The molecule has 1 aromatic heterocycles. The average molecular weight is 195 g/mol. The van der Waals surface area contributed by atoms with E-state index in [1.165, 1.54) is 0 Å². The number of nitrogens with two attached hydrogens (primary N) is 2. The molecule has 4 nitrogen and oxygen atoms in total. The Hall–Kier alpha value is -1.13. The molecule has 14 heavy (non-hydrogen) atoms. The first-order chi connectivity index (χ1) is 6.56. The van der Waals surface area contributed by atoms with E-state index in [0.717, 1.165) is 5.56 Å². The van der Waals surface area contributed by atoms with Crippen molar-refractivity contribution in [1.82, 2.24) is 4.98 Å². The van der Waals surface area contributed by atoms with Crippen molar-refractivity contribution in [2.24, 2.45) is 5.73 Å². The van der Waals surface area contributed by atoms with Gasteiger partial charge < -0.3 is 16.6 Å². The molecule has 78 valence electrons. The number of aliphatic hydroxyl groups is 1. The van der Waals surface area contributed by atoms with Crippen molar-refractivity contribution in [1.29, 1.82) is 0 Å². The number of aliphatic hydroxyl groups excluding tert-OH is 1. The Morgan fingerprint density at radius 3 is 2.79 bits per heavy atom. The number of aromatic nitrogens is 1. The van der Waals surface area contributed by atoms with E-state index >= 15 is 0 Å². The molecule has 4 heteroatoms. The zero-order chi connectivity index (χ0) is 10.7. The second-order valence-corrected chi connectivity index (χ2v) is 3.50. The quantitative estimate of drug-likeness (QED) is 0.664. The highest BCUT2D eigenvalue weighted by molar-refractivity contribution is 5.42. The zero-order valence-electron chi connectivity index (χ0n) is 8.57. The summed E-state index contributed by atoms with van der Waals surface area (Å²) in [6, 6.07) is 1.53. The molecule has 0 saturated heterocycles. The van der Waals surface area contributed by atoms with Gasteiger partial charge in [-0.1, -0.05) is 6.92 Å². The smallest absolute Gasteiger partial charge is 0.129 e. The lowest BCUT2D eigenvalue weighted by molar-refractivity contribution is 0.145. The summed E-state index contributed by atoms with van der Waals surface area (Å²) in [5.41, 5.74) is 13.0. The van der Waals surface area contributed by atoms with E-state index in [1.807, 2.05) is 19.9 Å². The lowest BCUT2D eigenvalue weighted by Crippen LogP contribution is -2.28. The molecule has 1 rings (SSSR count). The number of nitrogens with zero attached hydrogens (tertiary/aromatic N) is 1. The van der Waals surface area contributed by atoms with Crippen LogP contribution < -0.4 is 11.5 Å². The minimum absolute atomic E-state index is 0.291. The molecule has 0 aliphatic heterocycles. The second-order valence-electron chi connectivity index (χ2n) is 3.50. The maximum atomic E-state index is 9.85. The van der Waals surface area contributed by atoms with Crippen LogP contribution in [0.1, 0.15) is 30.6 Å². The number of aryl methyl sites for hydroxylation is 1. The van der Waals surface area contributed by atoms with Gasteiger partial charge in [0, 0.05) is 17.8 Å². The largest absolute Gasteiger partial charge is 0.387 e. The molecule has 0 saturated carbocycles. The topological polar surface area (TPSA) is 85.2 Å². The molecule has 1 heterocycles. The van der Waals surface area contributed by atoms with Crippen LogP contribution in [0.5, 0.6) is 0 Å². The third kappa shape index (κ3) is 2.21. The van der Waals surface area contributed by atoms with E-state index in [0.29, 0.717) is 17.8 Å². The Balaban J connectivity index is 2.99. The number of anilines is 1. The lowest BCUT2D eigenvalue weighted by atomic mass is 10.0. The third-order valence-corrected chi connectivity index (χ3v) is 2.28. The Morgan fingerprint density at radius 2 is 2.21 bits per heavy atom. The van der Waals surface area contributed by atoms with Gasteiger partial charge in [-0.05, 0) is 25.0 Å². The third-order valence-electron chi connectivity index (χ3n) is 2.28. The molecular formula is C10H17N3O. The summed E-state index contributed by atoms with van der Waals surface area (Å²) < 4.78 is 0. The van der Waals surface area contributed by atoms with Crippen molar-refractivity contribution < 1.29 is 5.11 Å². The van der Waals surface area contributed by atoms with Crippen molar-refractivity contribution >= 4 is 5.82 Å². The fraction of sp³-hybridized carbons (Fsp3) is 0.500. The standard InChI is InChI=1S/C10H17N3O/c1-3-8(11)9(14)7-4-6(2)5-13-10(7)12/h4-5,8-9,14H,3,11H2,1-2H3,(H2,12,13). The first-order valence-electron chi connectivity index (χ1n) is 4.72. The molecule has 2 unspecified atom stereocenters. The molecule has 0 fully saturated rings. The van der Waals surface area contributed by atoms with E-state index in [1.54, 1.807) is 6.20 Å². The minimum atomic E-state index is -0.729. The lowest BCUT2D eigenvalue weighted by Gasteiger charge is -2.18. The molecule has 0 aliphatic rings. The highest BCUT2D eigenvalue weighted by Crippen LogP contribution is 2.22. The molecule has 0 aliphatic carbocycles. The summed E-state index contributed by atoms with van der Waals surface area (Å²) in [5, 5.41) is 9.85. The van der Waals surface area contributed by atoms with Crippen LogP contribution in [0.3, 0.4) is 0 Å². The first kappa shape index (κ1) is 10.9. The van der Waals surface area contributed by atoms with Crippen LogP contribution >= 0.6 is 0 Å². The van der Waals surface area contributed by atoms with Crippen LogP contribution in [0.25, 0.3) is 0 Å². The van der Waals surface area contributed by atoms with E-state index in [2.05, 4.69) is 4.98 Å².